The Morgan fingerprint density at radius 2 is 1.69 bits per heavy atom. The molecule has 26 heavy (non-hydrogen) atoms. The Labute approximate surface area is 145 Å². The van der Waals surface area contributed by atoms with Gasteiger partial charge in [-0.05, 0) is 29.7 Å². The number of benzene rings is 1. The average molecular weight is 390 g/mol. The summed E-state index contributed by atoms with van der Waals surface area (Å²) in [7, 11) is 1.31. The predicted molar refractivity (Wildman–Crippen MR) is 80.0 cm³/mol. The van der Waals surface area contributed by atoms with Gasteiger partial charge in [-0.15, -0.1) is 0 Å². The van der Waals surface area contributed by atoms with Gasteiger partial charge in [0.05, 0.1) is 19.9 Å². The summed E-state index contributed by atoms with van der Waals surface area (Å²) in [6, 6.07) is -1.57. The molecule has 0 spiro atoms. The van der Waals surface area contributed by atoms with Gasteiger partial charge >= 0.3 is 18.1 Å². The molecule has 11 heteroatoms. The zero-order chi connectivity index (χ0) is 20.2. The number of alkyl halides is 7. The van der Waals surface area contributed by atoms with E-state index in [4.69, 9.17) is 9.47 Å². The van der Waals surface area contributed by atoms with E-state index in [1.807, 2.05) is 13.8 Å². The number of ether oxygens (including phenoxy) is 2. The summed E-state index contributed by atoms with van der Waals surface area (Å²) >= 11 is 0. The lowest BCUT2D eigenvalue weighted by molar-refractivity contribution is -0.361. The van der Waals surface area contributed by atoms with Crippen LogP contribution in [0.4, 0.5) is 30.7 Å². The standard InChI is InChI=1S/C15H17F7N2O2/c1-9(2)8-26-11-5-4-10(6-12(11)25-3)7-23-24-15(21,22)13(16,17)14(18,19)20/h4-7,9,24H,8H2,1-3H3/b23-7+. The molecule has 0 aliphatic rings. The van der Waals surface area contributed by atoms with Gasteiger partial charge in [-0.3, -0.25) is 0 Å². The van der Waals surface area contributed by atoms with E-state index in [1.54, 1.807) is 0 Å². The number of halogens is 7. The number of nitrogens with zero attached hydrogens (tertiary/aromatic N) is 1. The molecule has 0 aromatic heterocycles. The van der Waals surface area contributed by atoms with Crippen LogP contribution in [0.1, 0.15) is 19.4 Å². The van der Waals surface area contributed by atoms with Gasteiger partial charge in [0.25, 0.3) is 0 Å². The van der Waals surface area contributed by atoms with Crippen LogP contribution < -0.4 is 14.9 Å². The van der Waals surface area contributed by atoms with Crippen LogP contribution in [-0.4, -0.2) is 38.1 Å². The Balaban J connectivity index is 2.89. The molecule has 0 bridgehead atoms. The molecule has 1 N–H and O–H groups in total. The summed E-state index contributed by atoms with van der Waals surface area (Å²) in [4.78, 5) is 0. The van der Waals surface area contributed by atoms with E-state index >= 15 is 0 Å². The molecule has 0 heterocycles. The number of hydrogen-bond donors (Lipinski definition) is 1. The maximum Gasteiger partial charge on any atom is 0.462 e. The fourth-order valence-corrected chi connectivity index (χ4v) is 1.58. The number of methoxy groups -OCH3 is 1. The Morgan fingerprint density at radius 3 is 2.19 bits per heavy atom. The maximum atomic E-state index is 13.0. The van der Waals surface area contributed by atoms with Crippen molar-refractivity contribution in [2.75, 3.05) is 13.7 Å². The highest BCUT2D eigenvalue weighted by Crippen LogP contribution is 2.45. The van der Waals surface area contributed by atoms with E-state index in [9.17, 15) is 30.7 Å². The molecule has 148 valence electrons. The number of nitrogens with one attached hydrogen (secondary N) is 1. The maximum absolute atomic E-state index is 13.0. The highest BCUT2D eigenvalue weighted by Gasteiger charge is 2.73. The normalized spacial score (nSPS) is 13.3. The van der Waals surface area contributed by atoms with Crippen LogP contribution in [0.5, 0.6) is 11.5 Å². The van der Waals surface area contributed by atoms with Gasteiger partial charge in [0, 0.05) is 0 Å². The van der Waals surface area contributed by atoms with Gasteiger partial charge in [-0.2, -0.15) is 35.8 Å². The third-order valence-electron chi connectivity index (χ3n) is 2.93. The first-order valence-electron chi connectivity index (χ1n) is 7.25. The summed E-state index contributed by atoms with van der Waals surface area (Å²) in [6.45, 7) is 4.20. The fraction of sp³-hybridized carbons (Fsp3) is 0.533. The second-order valence-electron chi connectivity index (χ2n) is 5.63. The zero-order valence-electron chi connectivity index (χ0n) is 14.0. The van der Waals surface area contributed by atoms with Crippen molar-refractivity contribution in [2.45, 2.75) is 32.0 Å². The summed E-state index contributed by atoms with van der Waals surface area (Å²) in [5.74, 6) is -5.51. The van der Waals surface area contributed by atoms with Crippen LogP contribution >= 0.6 is 0 Å². The van der Waals surface area contributed by atoms with E-state index in [-0.39, 0.29) is 17.2 Å². The average Bonchev–Trinajstić information content (AvgIpc) is 2.51. The second-order valence-corrected chi connectivity index (χ2v) is 5.63. The fourth-order valence-electron chi connectivity index (χ4n) is 1.58. The van der Waals surface area contributed by atoms with Crippen molar-refractivity contribution in [3.63, 3.8) is 0 Å². The van der Waals surface area contributed by atoms with Crippen LogP contribution in [0.3, 0.4) is 0 Å². The lowest BCUT2D eigenvalue weighted by Crippen LogP contribution is -2.58. The van der Waals surface area contributed by atoms with Crippen LogP contribution in [0, 0.1) is 5.92 Å². The first kappa shape index (κ1) is 21.8. The Morgan fingerprint density at radius 1 is 1.08 bits per heavy atom. The molecule has 0 fully saturated rings. The lowest BCUT2D eigenvalue weighted by atomic mass is 10.2. The van der Waals surface area contributed by atoms with Crippen molar-refractivity contribution in [3.05, 3.63) is 23.8 Å². The monoisotopic (exact) mass is 390 g/mol. The molecule has 0 unspecified atom stereocenters. The summed E-state index contributed by atoms with van der Waals surface area (Å²) in [5.41, 5.74) is 0.649. The Kier molecular flexibility index (Phi) is 6.72. The molecule has 0 amide bonds. The van der Waals surface area contributed by atoms with Crippen molar-refractivity contribution in [3.8, 4) is 11.5 Å². The molecule has 0 saturated heterocycles. The van der Waals surface area contributed by atoms with Crippen molar-refractivity contribution >= 4 is 6.21 Å². The molecule has 1 aromatic rings. The Bertz CT molecular complexity index is 631. The molecule has 0 aliphatic carbocycles. The third kappa shape index (κ3) is 5.15. The van der Waals surface area contributed by atoms with Crippen LogP contribution in [0.25, 0.3) is 0 Å². The SMILES string of the molecule is COc1cc(/C=N/NC(F)(F)C(F)(F)C(F)(F)F)ccc1OCC(C)C. The highest BCUT2D eigenvalue weighted by atomic mass is 19.4. The number of rotatable bonds is 8. The van der Waals surface area contributed by atoms with Gasteiger partial charge in [0.2, 0.25) is 0 Å². The first-order valence-corrected chi connectivity index (χ1v) is 7.25. The molecule has 0 aliphatic heterocycles. The van der Waals surface area contributed by atoms with Crippen LogP contribution in [0.2, 0.25) is 0 Å². The van der Waals surface area contributed by atoms with E-state index < -0.39 is 18.1 Å². The minimum atomic E-state index is -6.43. The lowest BCUT2D eigenvalue weighted by Gasteiger charge is -2.27. The number of hydrogen-bond acceptors (Lipinski definition) is 4. The Hall–Kier alpha value is -2.20. The van der Waals surface area contributed by atoms with Gasteiger partial charge in [-0.25, -0.2) is 5.43 Å². The molecule has 0 radical (unpaired) electrons. The quantitative estimate of drug-likeness (QED) is 0.309. The number of hydrazone groups is 1. The topological polar surface area (TPSA) is 42.8 Å². The second kappa shape index (κ2) is 8.00. The minimum Gasteiger partial charge on any atom is -0.493 e. The summed E-state index contributed by atoms with van der Waals surface area (Å²) in [5, 5.41) is 2.77. The molecule has 4 nitrogen and oxygen atoms in total. The highest BCUT2D eigenvalue weighted by molar-refractivity contribution is 5.80. The van der Waals surface area contributed by atoms with Crippen molar-refractivity contribution in [2.24, 2.45) is 11.0 Å². The molecular weight excluding hydrogens is 373 g/mol. The van der Waals surface area contributed by atoms with Crippen molar-refractivity contribution in [1.29, 1.82) is 0 Å². The van der Waals surface area contributed by atoms with Gasteiger partial charge in [0.1, 0.15) is 0 Å². The molecule has 0 atom stereocenters. The molecule has 0 saturated carbocycles. The van der Waals surface area contributed by atoms with Crippen molar-refractivity contribution < 1.29 is 40.2 Å². The predicted octanol–water partition coefficient (Wildman–Crippen LogP) is 4.44. The van der Waals surface area contributed by atoms with Crippen LogP contribution in [0.15, 0.2) is 23.3 Å². The van der Waals surface area contributed by atoms with E-state index in [0.717, 1.165) is 0 Å². The van der Waals surface area contributed by atoms with E-state index in [2.05, 4.69) is 5.10 Å². The largest absolute Gasteiger partial charge is 0.493 e. The van der Waals surface area contributed by atoms with Crippen molar-refractivity contribution in [1.82, 2.24) is 5.43 Å². The van der Waals surface area contributed by atoms with Gasteiger partial charge in [0.15, 0.2) is 11.5 Å². The van der Waals surface area contributed by atoms with Gasteiger partial charge < -0.3 is 9.47 Å². The molecular formula is C15H17F7N2O2. The van der Waals surface area contributed by atoms with Gasteiger partial charge in [-0.1, -0.05) is 13.8 Å². The third-order valence-corrected chi connectivity index (χ3v) is 2.93. The van der Waals surface area contributed by atoms with E-state index in [1.165, 1.54) is 25.3 Å². The zero-order valence-corrected chi connectivity index (χ0v) is 14.0. The molecule has 1 rings (SSSR count). The minimum absolute atomic E-state index is 0.109. The van der Waals surface area contributed by atoms with E-state index in [0.29, 0.717) is 24.0 Å². The molecule has 1 aromatic carbocycles. The van der Waals surface area contributed by atoms with Crippen LogP contribution in [-0.2, 0) is 0 Å². The summed E-state index contributed by atoms with van der Waals surface area (Å²) in [6.07, 6.45) is -5.78. The summed E-state index contributed by atoms with van der Waals surface area (Å²) < 4.78 is 98.0. The smallest absolute Gasteiger partial charge is 0.462 e. The first-order chi connectivity index (χ1) is 11.8.